The molecule has 0 unspecified atom stereocenters. The summed E-state index contributed by atoms with van der Waals surface area (Å²) in [6.07, 6.45) is 0.784. The standard InChI is InChI=1S/C34H35ClFN3O5S/c1-3-20-37-34(41)32(21-25-10-5-4-6-11-25)38(23-26-12-7-8-15-31(26)36)33(40)24-39(28-14-9-13-27(35)22-28)45(42,43)30-18-16-29(44-2)17-19-30/h4-19,22,32H,3,20-21,23-24H2,1-2H3,(H,37,41)/t32-/m1/s1. The average Bonchev–Trinajstić information content (AvgIpc) is 3.05. The van der Waals surface area contributed by atoms with Crippen molar-refractivity contribution in [3.63, 3.8) is 0 Å². The monoisotopic (exact) mass is 651 g/mol. The zero-order chi connectivity index (χ0) is 32.4. The molecular weight excluding hydrogens is 617 g/mol. The van der Waals surface area contributed by atoms with Crippen LogP contribution in [0.5, 0.6) is 5.75 Å². The number of anilines is 1. The van der Waals surface area contributed by atoms with E-state index in [1.54, 1.807) is 18.2 Å². The van der Waals surface area contributed by atoms with Crippen molar-refractivity contribution < 1.29 is 27.1 Å². The van der Waals surface area contributed by atoms with Crippen molar-refractivity contribution in [2.24, 2.45) is 0 Å². The fraction of sp³-hybridized carbons (Fsp3) is 0.235. The lowest BCUT2D eigenvalue weighted by Gasteiger charge is -2.34. The van der Waals surface area contributed by atoms with Crippen molar-refractivity contribution in [1.82, 2.24) is 10.2 Å². The number of methoxy groups -OCH3 is 1. The maximum absolute atomic E-state index is 15.0. The fourth-order valence-electron chi connectivity index (χ4n) is 4.77. The van der Waals surface area contributed by atoms with Gasteiger partial charge in [0, 0.05) is 30.1 Å². The molecule has 0 saturated carbocycles. The summed E-state index contributed by atoms with van der Waals surface area (Å²) in [5.74, 6) is -1.24. The number of benzene rings is 4. The summed E-state index contributed by atoms with van der Waals surface area (Å²) < 4.78 is 49.3. The summed E-state index contributed by atoms with van der Waals surface area (Å²) in [6, 6.07) is 25.9. The Morgan fingerprint density at radius 2 is 1.62 bits per heavy atom. The first-order valence-electron chi connectivity index (χ1n) is 14.4. The zero-order valence-electron chi connectivity index (χ0n) is 25.0. The second kappa shape index (κ2) is 15.5. The van der Waals surface area contributed by atoms with Gasteiger partial charge in [0.2, 0.25) is 11.8 Å². The predicted octanol–water partition coefficient (Wildman–Crippen LogP) is 5.85. The number of nitrogens with zero attached hydrogens (tertiary/aromatic N) is 2. The van der Waals surface area contributed by atoms with Gasteiger partial charge < -0.3 is 15.0 Å². The highest BCUT2D eigenvalue weighted by Gasteiger charge is 2.35. The zero-order valence-corrected chi connectivity index (χ0v) is 26.6. The van der Waals surface area contributed by atoms with Crippen molar-refractivity contribution in [3.8, 4) is 5.75 Å². The quantitative estimate of drug-likeness (QED) is 0.185. The van der Waals surface area contributed by atoms with E-state index in [1.807, 2.05) is 37.3 Å². The first-order valence-corrected chi connectivity index (χ1v) is 16.2. The lowest BCUT2D eigenvalue weighted by atomic mass is 10.0. The third-order valence-electron chi connectivity index (χ3n) is 7.14. The number of hydrogen-bond donors (Lipinski definition) is 1. The van der Waals surface area contributed by atoms with Crippen molar-refractivity contribution in [1.29, 1.82) is 0 Å². The van der Waals surface area contributed by atoms with E-state index in [-0.39, 0.29) is 34.1 Å². The smallest absolute Gasteiger partial charge is 0.264 e. The predicted molar refractivity (Wildman–Crippen MR) is 173 cm³/mol. The Labute approximate surface area is 268 Å². The number of carbonyl (C=O) groups is 2. The van der Waals surface area contributed by atoms with Gasteiger partial charge in [0.25, 0.3) is 10.0 Å². The molecule has 0 aliphatic rings. The SMILES string of the molecule is CCCNC(=O)[C@@H](Cc1ccccc1)N(Cc1ccccc1F)C(=O)CN(c1cccc(Cl)c1)S(=O)(=O)c1ccc(OC)cc1. The maximum Gasteiger partial charge on any atom is 0.264 e. The molecule has 0 fully saturated rings. The van der Waals surface area contributed by atoms with Gasteiger partial charge in [0.15, 0.2) is 0 Å². The summed E-state index contributed by atoms with van der Waals surface area (Å²) in [7, 11) is -2.86. The number of nitrogens with one attached hydrogen (secondary N) is 1. The molecule has 4 aromatic rings. The van der Waals surface area contributed by atoms with Gasteiger partial charge in [-0.2, -0.15) is 0 Å². The van der Waals surface area contributed by atoms with E-state index in [0.717, 1.165) is 9.87 Å². The molecule has 0 saturated heterocycles. The molecule has 4 rings (SSSR count). The average molecular weight is 652 g/mol. The van der Waals surface area contributed by atoms with Crippen LogP contribution < -0.4 is 14.4 Å². The van der Waals surface area contributed by atoms with Crippen LogP contribution in [0.25, 0.3) is 0 Å². The van der Waals surface area contributed by atoms with Gasteiger partial charge in [-0.15, -0.1) is 0 Å². The molecule has 0 spiro atoms. The number of sulfonamides is 1. The Kier molecular flexibility index (Phi) is 11.6. The third kappa shape index (κ3) is 8.61. The minimum absolute atomic E-state index is 0.0850. The van der Waals surface area contributed by atoms with Crippen LogP contribution in [0.3, 0.4) is 0 Å². The van der Waals surface area contributed by atoms with Gasteiger partial charge in [-0.1, -0.05) is 73.1 Å². The van der Waals surface area contributed by atoms with E-state index in [2.05, 4.69) is 5.32 Å². The Hall–Kier alpha value is -4.41. The molecule has 11 heteroatoms. The van der Waals surface area contributed by atoms with E-state index in [4.69, 9.17) is 16.3 Å². The van der Waals surface area contributed by atoms with Gasteiger partial charge in [-0.25, -0.2) is 12.8 Å². The Bertz CT molecular complexity index is 1700. The summed E-state index contributed by atoms with van der Waals surface area (Å²) in [5.41, 5.74) is 1.10. The van der Waals surface area contributed by atoms with E-state index in [1.165, 1.54) is 66.6 Å². The van der Waals surface area contributed by atoms with Crippen molar-refractivity contribution >= 4 is 39.1 Å². The van der Waals surface area contributed by atoms with E-state index in [9.17, 15) is 22.4 Å². The highest BCUT2D eigenvalue weighted by Crippen LogP contribution is 2.28. The Morgan fingerprint density at radius 3 is 2.27 bits per heavy atom. The number of ether oxygens (including phenoxy) is 1. The first-order chi connectivity index (χ1) is 21.6. The molecule has 2 amide bonds. The van der Waals surface area contributed by atoms with Crippen LogP contribution >= 0.6 is 11.6 Å². The molecule has 0 aliphatic heterocycles. The van der Waals surface area contributed by atoms with Crippen LogP contribution in [-0.2, 0) is 32.6 Å². The second-order valence-electron chi connectivity index (χ2n) is 10.3. The number of halogens is 2. The second-order valence-corrected chi connectivity index (χ2v) is 12.6. The van der Waals surface area contributed by atoms with Crippen LogP contribution in [0.4, 0.5) is 10.1 Å². The molecule has 1 N–H and O–H groups in total. The lowest BCUT2D eigenvalue weighted by Crippen LogP contribution is -2.53. The molecule has 0 bridgehead atoms. The van der Waals surface area contributed by atoms with Crippen molar-refractivity contribution in [2.75, 3.05) is 24.5 Å². The number of carbonyl (C=O) groups excluding carboxylic acids is 2. The Morgan fingerprint density at radius 1 is 0.933 bits per heavy atom. The summed E-state index contributed by atoms with van der Waals surface area (Å²) in [6.45, 7) is 1.32. The van der Waals surface area contributed by atoms with Crippen LogP contribution in [0.15, 0.2) is 108 Å². The summed E-state index contributed by atoms with van der Waals surface area (Å²) in [5, 5.41) is 3.12. The largest absolute Gasteiger partial charge is 0.497 e. The van der Waals surface area contributed by atoms with Gasteiger partial charge in [0.05, 0.1) is 17.7 Å². The molecular formula is C34H35ClFN3O5S. The van der Waals surface area contributed by atoms with Crippen LogP contribution in [0, 0.1) is 5.82 Å². The van der Waals surface area contributed by atoms with Crippen molar-refractivity contribution in [3.05, 3.63) is 125 Å². The summed E-state index contributed by atoms with van der Waals surface area (Å²) in [4.78, 5) is 29.2. The molecule has 8 nitrogen and oxygen atoms in total. The molecule has 45 heavy (non-hydrogen) atoms. The molecule has 0 aliphatic carbocycles. The topological polar surface area (TPSA) is 96.0 Å². The van der Waals surface area contributed by atoms with E-state index < -0.39 is 40.2 Å². The minimum atomic E-state index is -4.33. The van der Waals surface area contributed by atoms with Gasteiger partial charge in [0.1, 0.15) is 24.2 Å². The molecule has 0 heterocycles. The van der Waals surface area contributed by atoms with Crippen LogP contribution in [-0.4, -0.2) is 51.4 Å². The molecule has 236 valence electrons. The van der Waals surface area contributed by atoms with Gasteiger partial charge in [-0.3, -0.25) is 13.9 Å². The van der Waals surface area contributed by atoms with Crippen LogP contribution in [0.1, 0.15) is 24.5 Å². The Balaban J connectivity index is 1.80. The highest BCUT2D eigenvalue weighted by atomic mass is 35.5. The summed E-state index contributed by atoms with van der Waals surface area (Å²) >= 11 is 6.25. The van der Waals surface area contributed by atoms with E-state index >= 15 is 0 Å². The normalized spacial score (nSPS) is 11.8. The van der Waals surface area contributed by atoms with Crippen LogP contribution in [0.2, 0.25) is 5.02 Å². The first kappa shape index (κ1) is 33.5. The lowest BCUT2D eigenvalue weighted by molar-refractivity contribution is -0.140. The molecule has 1 atom stereocenters. The highest BCUT2D eigenvalue weighted by molar-refractivity contribution is 7.92. The number of rotatable bonds is 14. The van der Waals surface area contributed by atoms with E-state index in [0.29, 0.717) is 18.7 Å². The van der Waals surface area contributed by atoms with Gasteiger partial charge in [-0.05, 0) is 60.5 Å². The fourth-order valence-corrected chi connectivity index (χ4v) is 6.36. The third-order valence-corrected chi connectivity index (χ3v) is 9.16. The molecule has 4 aromatic carbocycles. The number of amides is 2. The van der Waals surface area contributed by atoms with Crippen molar-refractivity contribution in [2.45, 2.75) is 37.2 Å². The molecule has 0 aromatic heterocycles. The minimum Gasteiger partial charge on any atom is -0.497 e. The maximum atomic E-state index is 15.0. The number of hydrogen-bond acceptors (Lipinski definition) is 5. The molecule has 0 radical (unpaired) electrons. The van der Waals surface area contributed by atoms with Gasteiger partial charge >= 0.3 is 0 Å².